The summed E-state index contributed by atoms with van der Waals surface area (Å²) >= 11 is 3.45. The Kier molecular flexibility index (Phi) is 3.21. The van der Waals surface area contributed by atoms with Crippen LogP contribution in [0.1, 0.15) is 5.56 Å². The molecular weight excluding hydrogens is 306 g/mol. The number of aromatic nitrogens is 1. The second-order valence-corrected chi connectivity index (χ2v) is 5.27. The molecule has 0 fully saturated rings. The van der Waals surface area contributed by atoms with E-state index >= 15 is 0 Å². The standard InChI is InChI=1S/C14H12BrN3O/c15-11-1-2-12-13(7-11)18(14(19)8-17-12)9-10-3-5-16-6-4-10/h1-7,17H,8-9H2. The Balaban J connectivity index is 1.97. The van der Waals surface area contributed by atoms with E-state index in [0.717, 1.165) is 21.4 Å². The van der Waals surface area contributed by atoms with Crippen molar-refractivity contribution < 1.29 is 4.79 Å². The van der Waals surface area contributed by atoms with Crippen molar-refractivity contribution in [1.29, 1.82) is 0 Å². The van der Waals surface area contributed by atoms with Gasteiger partial charge >= 0.3 is 0 Å². The first-order chi connectivity index (χ1) is 9.24. The van der Waals surface area contributed by atoms with Crippen molar-refractivity contribution in [3.63, 3.8) is 0 Å². The fourth-order valence-corrected chi connectivity index (χ4v) is 2.47. The van der Waals surface area contributed by atoms with Gasteiger partial charge in [0.05, 0.1) is 24.5 Å². The largest absolute Gasteiger partial charge is 0.374 e. The quantitative estimate of drug-likeness (QED) is 0.926. The molecule has 0 unspecified atom stereocenters. The van der Waals surface area contributed by atoms with Gasteiger partial charge in [0.2, 0.25) is 5.91 Å². The van der Waals surface area contributed by atoms with Crippen molar-refractivity contribution in [3.8, 4) is 0 Å². The summed E-state index contributed by atoms with van der Waals surface area (Å²) in [5.74, 6) is 0.0717. The Bertz CT molecular complexity index is 615. The molecule has 0 spiro atoms. The van der Waals surface area contributed by atoms with Crippen LogP contribution in [0, 0.1) is 0 Å². The fourth-order valence-electron chi connectivity index (χ4n) is 2.12. The summed E-state index contributed by atoms with van der Waals surface area (Å²) in [5.41, 5.74) is 2.95. The first-order valence-electron chi connectivity index (χ1n) is 5.97. The van der Waals surface area contributed by atoms with Crippen LogP contribution in [0.3, 0.4) is 0 Å². The molecule has 0 aliphatic carbocycles. The highest BCUT2D eigenvalue weighted by molar-refractivity contribution is 9.10. The fraction of sp³-hybridized carbons (Fsp3) is 0.143. The topological polar surface area (TPSA) is 45.2 Å². The number of carbonyl (C=O) groups excluding carboxylic acids is 1. The molecule has 5 heteroatoms. The van der Waals surface area contributed by atoms with Crippen LogP contribution in [0.25, 0.3) is 0 Å². The lowest BCUT2D eigenvalue weighted by Crippen LogP contribution is -2.39. The van der Waals surface area contributed by atoms with Crippen LogP contribution >= 0.6 is 15.9 Å². The molecule has 0 atom stereocenters. The van der Waals surface area contributed by atoms with Gasteiger partial charge in [0.1, 0.15) is 0 Å². The minimum Gasteiger partial charge on any atom is -0.374 e. The van der Waals surface area contributed by atoms with Gasteiger partial charge in [0, 0.05) is 16.9 Å². The van der Waals surface area contributed by atoms with E-state index in [1.807, 2.05) is 30.3 Å². The van der Waals surface area contributed by atoms with Crippen molar-refractivity contribution in [2.75, 3.05) is 16.8 Å². The van der Waals surface area contributed by atoms with Gasteiger partial charge in [-0.25, -0.2) is 0 Å². The van der Waals surface area contributed by atoms with Crippen molar-refractivity contribution in [1.82, 2.24) is 4.98 Å². The van der Waals surface area contributed by atoms with E-state index in [4.69, 9.17) is 0 Å². The molecule has 1 amide bonds. The highest BCUT2D eigenvalue weighted by Gasteiger charge is 2.23. The van der Waals surface area contributed by atoms with Crippen molar-refractivity contribution in [2.24, 2.45) is 0 Å². The molecule has 1 aliphatic rings. The molecule has 2 heterocycles. The number of pyridine rings is 1. The van der Waals surface area contributed by atoms with Crippen LogP contribution in [-0.4, -0.2) is 17.4 Å². The maximum absolute atomic E-state index is 12.1. The molecule has 96 valence electrons. The van der Waals surface area contributed by atoms with E-state index in [0.29, 0.717) is 13.1 Å². The smallest absolute Gasteiger partial charge is 0.246 e. The zero-order valence-corrected chi connectivity index (χ0v) is 11.7. The average molecular weight is 318 g/mol. The summed E-state index contributed by atoms with van der Waals surface area (Å²) in [4.78, 5) is 17.9. The molecule has 0 saturated carbocycles. The Morgan fingerprint density at radius 3 is 2.84 bits per heavy atom. The van der Waals surface area contributed by atoms with Crippen molar-refractivity contribution in [2.45, 2.75) is 6.54 Å². The SMILES string of the molecule is O=C1CNc2ccc(Br)cc2N1Cc1ccncc1. The number of fused-ring (bicyclic) bond motifs is 1. The molecule has 0 saturated heterocycles. The Labute approximate surface area is 119 Å². The third-order valence-corrected chi connectivity index (χ3v) is 3.56. The molecule has 3 rings (SSSR count). The number of nitrogens with zero attached hydrogens (tertiary/aromatic N) is 2. The first kappa shape index (κ1) is 12.2. The predicted molar refractivity (Wildman–Crippen MR) is 78.1 cm³/mol. The summed E-state index contributed by atoms with van der Waals surface area (Å²) in [6, 6.07) is 9.75. The monoisotopic (exact) mass is 317 g/mol. The van der Waals surface area contributed by atoms with E-state index in [1.54, 1.807) is 17.3 Å². The van der Waals surface area contributed by atoms with Gasteiger partial charge in [-0.1, -0.05) is 15.9 Å². The molecule has 2 aromatic rings. The third kappa shape index (κ3) is 2.46. The van der Waals surface area contributed by atoms with Crippen LogP contribution in [0.4, 0.5) is 11.4 Å². The number of nitrogens with one attached hydrogen (secondary N) is 1. The van der Waals surface area contributed by atoms with Crippen LogP contribution in [0.5, 0.6) is 0 Å². The zero-order valence-electron chi connectivity index (χ0n) is 10.1. The molecular formula is C14H12BrN3O. The van der Waals surface area contributed by atoms with Crippen molar-refractivity contribution >= 4 is 33.2 Å². The molecule has 19 heavy (non-hydrogen) atoms. The Hall–Kier alpha value is -1.88. The van der Waals surface area contributed by atoms with Gasteiger partial charge in [-0.2, -0.15) is 0 Å². The number of carbonyl (C=O) groups is 1. The third-order valence-electron chi connectivity index (χ3n) is 3.07. The molecule has 1 aromatic carbocycles. The summed E-state index contributed by atoms with van der Waals surface area (Å²) in [6.07, 6.45) is 3.48. The van der Waals surface area contributed by atoms with E-state index in [-0.39, 0.29) is 5.91 Å². The maximum atomic E-state index is 12.1. The number of rotatable bonds is 2. The first-order valence-corrected chi connectivity index (χ1v) is 6.76. The van der Waals surface area contributed by atoms with Gasteiger partial charge < -0.3 is 10.2 Å². The van der Waals surface area contributed by atoms with E-state index in [2.05, 4.69) is 26.2 Å². The minimum atomic E-state index is 0.0717. The van der Waals surface area contributed by atoms with Gasteiger partial charge in [-0.05, 0) is 35.9 Å². The second kappa shape index (κ2) is 5.01. The highest BCUT2D eigenvalue weighted by Crippen LogP contribution is 2.33. The average Bonchev–Trinajstić information content (AvgIpc) is 2.43. The lowest BCUT2D eigenvalue weighted by molar-refractivity contribution is -0.117. The predicted octanol–water partition coefficient (Wildman–Crippen LogP) is 2.80. The number of benzene rings is 1. The normalized spacial score (nSPS) is 13.9. The molecule has 0 bridgehead atoms. The summed E-state index contributed by atoms with van der Waals surface area (Å²) in [5, 5.41) is 3.13. The number of hydrogen-bond acceptors (Lipinski definition) is 3. The van der Waals surface area contributed by atoms with E-state index in [1.165, 1.54) is 0 Å². The van der Waals surface area contributed by atoms with Gasteiger partial charge in [-0.15, -0.1) is 0 Å². The summed E-state index contributed by atoms with van der Waals surface area (Å²) < 4.78 is 0.961. The Morgan fingerprint density at radius 1 is 1.26 bits per heavy atom. The number of amides is 1. The highest BCUT2D eigenvalue weighted by atomic mass is 79.9. The minimum absolute atomic E-state index is 0.0717. The van der Waals surface area contributed by atoms with Gasteiger partial charge in [-0.3, -0.25) is 9.78 Å². The second-order valence-electron chi connectivity index (χ2n) is 4.35. The summed E-state index contributed by atoms with van der Waals surface area (Å²) in [7, 11) is 0. The lowest BCUT2D eigenvalue weighted by atomic mass is 10.1. The molecule has 0 radical (unpaired) electrons. The number of hydrogen-bond donors (Lipinski definition) is 1. The maximum Gasteiger partial charge on any atom is 0.246 e. The number of anilines is 2. The summed E-state index contributed by atoms with van der Waals surface area (Å²) in [6.45, 7) is 0.895. The zero-order chi connectivity index (χ0) is 13.2. The molecule has 1 N–H and O–H groups in total. The van der Waals surface area contributed by atoms with Crippen LogP contribution in [0.15, 0.2) is 47.2 Å². The van der Waals surface area contributed by atoms with Crippen LogP contribution in [-0.2, 0) is 11.3 Å². The van der Waals surface area contributed by atoms with E-state index < -0.39 is 0 Å². The van der Waals surface area contributed by atoms with Crippen LogP contribution < -0.4 is 10.2 Å². The van der Waals surface area contributed by atoms with Crippen molar-refractivity contribution in [3.05, 3.63) is 52.8 Å². The van der Waals surface area contributed by atoms with Crippen LogP contribution in [0.2, 0.25) is 0 Å². The van der Waals surface area contributed by atoms with E-state index in [9.17, 15) is 4.79 Å². The van der Waals surface area contributed by atoms with Gasteiger partial charge in [0.15, 0.2) is 0 Å². The molecule has 4 nitrogen and oxygen atoms in total. The lowest BCUT2D eigenvalue weighted by Gasteiger charge is -2.30. The molecule has 1 aromatic heterocycles. The Morgan fingerprint density at radius 2 is 2.05 bits per heavy atom. The number of halogens is 1. The van der Waals surface area contributed by atoms with Gasteiger partial charge in [0.25, 0.3) is 0 Å². The molecule has 1 aliphatic heterocycles.